The summed E-state index contributed by atoms with van der Waals surface area (Å²) in [6, 6.07) is 0.162. The van der Waals surface area contributed by atoms with Crippen LogP contribution in [0.15, 0.2) is 0 Å². The number of likely N-dealkylation sites (tertiary alicyclic amines) is 2. The van der Waals surface area contributed by atoms with Crippen molar-refractivity contribution in [2.24, 2.45) is 5.92 Å². The van der Waals surface area contributed by atoms with Gasteiger partial charge in [-0.3, -0.25) is 24.2 Å². The van der Waals surface area contributed by atoms with Crippen molar-refractivity contribution in [2.75, 3.05) is 20.1 Å². The maximum atomic E-state index is 13.0. The van der Waals surface area contributed by atoms with Crippen LogP contribution in [0.25, 0.3) is 0 Å². The summed E-state index contributed by atoms with van der Waals surface area (Å²) in [5, 5.41) is 3.34. The number of amides is 3. The second-order valence-electron chi connectivity index (χ2n) is 8.68. The zero-order valence-corrected chi connectivity index (χ0v) is 18.9. The average Bonchev–Trinajstić information content (AvgIpc) is 2.92. The van der Waals surface area contributed by atoms with Crippen LogP contribution < -0.4 is 5.32 Å². The smallest absolute Gasteiger partial charge is 0.234 e. The average molecular weight is 412 g/mol. The van der Waals surface area contributed by atoms with E-state index in [0.29, 0.717) is 24.8 Å². The lowest BCUT2D eigenvalue weighted by molar-refractivity contribution is -0.139. The Morgan fingerprint density at radius 1 is 1.29 bits per heavy atom. The van der Waals surface area contributed by atoms with E-state index in [0.717, 1.165) is 38.6 Å². The highest BCUT2D eigenvalue weighted by Crippen LogP contribution is 2.46. The van der Waals surface area contributed by atoms with Crippen molar-refractivity contribution in [3.63, 3.8) is 0 Å². The third kappa shape index (κ3) is 5.72. The molecule has 2 rings (SSSR count). The van der Waals surface area contributed by atoms with Crippen molar-refractivity contribution in [1.82, 2.24) is 15.1 Å². The van der Waals surface area contributed by atoms with Gasteiger partial charge in [-0.15, -0.1) is 11.8 Å². The summed E-state index contributed by atoms with van der Waals surface area (Å²) in [5.41, 5.74) is 0. The van der Waals surface area contributed by atoms with Gasteiger partial charge in [0.2, 0.25) is 17.7 Å². The number of hydrogen-bond acceptors (Lipinski definition) is 5. The number of nitrogens with one attached hydrogen (secondary N) is 1. The maximum Gasteiger partial charge on any atom is 0.234 e. The highest BCUT2D eigenvalue weighted by Gasteiger charge is 2.49. The highest BCUT2D eigenvalue weighted by atomic mass is 32.2. The molecule has 0 radical (unpaired) electrons. The second-order valence-corrected chi connectivity index (χ2v) is 10.4. The standard InChI is InChI=1S/C21H37N3O3S/c1-6-21(4,28-19-11-13-23(19)5)16-14-18(26)24(20(16)27)12-9-7-8-10-17(25)22-15(2)3/h15-16,19H,6-14H2,1-5H3,(H,22,25). The SMILES string of the molecule is CCC(C)(SC1CCN1C)C1CC(=O)N(CCCCCC(=O)NC(C)C)C1=O. The van der Waals surface area contributed by atoms with Crippen LogP contribution in [0.2, 0.25) is 0 Å². The lowest BCUT2D eigenvalue weighted by Crippen LogP contribution is -2.47. The van der Waals surface area contributed by atoms with E-state index in [1.165, 1.54) is 4.90 Å². The Balaban J connectivity index is 1.81. The first-order valence-corrected chi connectivity index (χ1v) is 11.6. The molecule has 2 fully saturated rings. The van der Waals surface area contributed by atoms with Crippen LogP contribution in [0, 0.1) is 5.92 Å². The molecule has 160 valence electrons. The zero-order chi connectivity index (χ0) is 20.9. The van der Waals surface area contributed by atoms with Crippen LogP contribution in [-0.4, -0.2) is 63.8 Å². The second kappa shape index (κ2) is 10.1. The van der Waals surface area contributed by atoms with E-state index in [9.17, 15) is 14.4 Å². The van der Waals surface area contributed by atoms with Gasteiger partial charge in [-0.1, -0.05) is 13.3 Å². The lowest BCUT2D eigenvalue weighted by Gasteiger charge is -2.44. The van der Waals surface area contributed by atoms with Gasteiger partial charge in [-0.25, -0.2) is 0 Å². The van der Waals surface area contributed by atoms with Gasteiger partial charge in [0.05, 0.1) is 11.3 Å². The number of imide groups is 1. The van der Waals surface area contributed by atoms with E-state index in [2.05, 4.69) is 31.1 Å². The van der Waals surface area contributed by atoms with E-state index in [1.807, 2.05) is 25.6 Å². The summed E-state index contributed by atoms with van der Waals surface area (Å²) >= 11 is 1.87. The Hall–Kier alpha value is -1.08. The third-order valence-electron chi connectivity index (χ3n) is 6.04. The van der Waals surface area contributed by atoms with E-state index < -0.39 is 0 Å². The molecule has 7 heteroatoms. The molecule has 28 heavy (non-hydrogen) atoms. The van der Waals surface area contributed by atoms with Gasteiger partial charge in [-0.05, 0) is 53.5 Å². The molecule has 1 N–H and O–H groups in total. The minimum absolute atomic E-state index is 0.00128. The third-order valence-corrected chi connectivity index (χ3v) is 8.02. The summed E-state index contributed by atoms with van der Waals surface area (Å²) in [7, 11) is 2.12. The molecule has 0 aromatic rings. The van der Waals surface area contributed by atoms with Crippen LogP contribution in [0.5, 0.6) is 0 Å². The lowest BCUT2D eigenvalue weighted by atomic mass is 9.89. The number of carbonyl (C=O) groups excluding carboxylic acids is 3. The topological polar surface area (TPSA) is 69.7 Å². The summed E-state index contributed by atoms with van der Waals surface area (Å²) in [6.45, 7) is 9.75. The molecule has 2 aliphatic rings. The van der Waals surface area contributed by atoms with Gasteiger partial charge in [0.25, 0.3) is 0 Å². The molecule has 0 bridgehead atoms. The van der Waals surface area contributed by atoms with Crippen molar-refractivity contribution in [2.45, 2.75) is 88.8 Å². The Labute approximate surface area is 174 Å². The number of thioether (sulfide) groups is 1. The zero-order valence-electron chi connectivity index (χ0n) is 18.1. The Morgan fingerprint density at radius 3 is 2.54 bits per heavy atom. The number of rotatable bonds is 11. The van der Waals surface area contributed by atoms with Gasteiger partial charge in [0, 0.05) is 36.7 Å². The largest absolute Gasteiger partial charge is 0.354 e. The predicted octanol–water partition coefficient (Wildman–Crippen LogP) is 3.01. The normalized spacial score (nSPS) is 25.1. The Kier molecular flexibility index (Phi) is 8.37. The molecular formula is C21H37N3O3S. The van der Waals surface area contributed by atoms with Gasteiger partial charge in [0.1, 0.15) is 0 Å². The first kappa shape index (κ1) is 23.2. The van der Waals surface area contributed by atoms with E-state index >= 15 is 0 Å². The number of unbranched alkanes of at least 4 members (excludes halogenated alkanes) is 2. The van der Waals surface area contributed by atoms with Crippen LogP contribution in [0.4, 0.5) is 0 Å². The van der Waals surface area contributed by atoms with Crippen LogP contribution >= 0.6 is 11.8 Å². The molecule has 0 aromatic carbocycles. The van der Waals surface area contributed by atoms with Gasteiger partial charge in [-0.2, -0.15) is 0 Å². The van der Waals surface area contributed by atoms with Crippen molar-refractivity contribution in [3.8, 4) is 0 Å². The van der Waals surface area contributed by atoms with Gasteiger partial charge >= 0.3 is 0 Å². The van der Waals surface area contributed by atoms with E-state index in [-0.39, 0.29) is 34.4 Å². The van der Waals surface area contributed by atoms with Crippen LogP contribution in [0.3, 0.4) is 0 Å². The molecule has 3 amide bonds. The Bertz CT molecular complexity index is 583. The van der Waals surface area contributed by atoms with E-state index in [1.54, 1.807) is 0 Å². The summed E-state index contributed by atoms with van der Waals surface area (Å²) in [6.07, 6.45) is 5.27. The van der Waals surface area contributed by atoms with Crippen molar-refractivity contribution in [3.05, 3.63) is 0 Å². The summed E-state index contributed by atoms with van der Waals surface area (Å²) in [5.74, 6) is -0.183. The molecule has 3 unspecified atom stereocenters. The first-order valence-electron chi connectivity index (χ1n) is 10.7. The molecule has 2 heterocycles. The molecule has 2 saturated heterocycles. The molecule has 0 spiro atoms. The maximum absolute atomic E-state index is 13.0. The fourth-order valence-electron chi connectivity index (χ4n) is 3.89. The highest BCUT2D eigenvalue weighted by molar-refractivity contribution is 8.01. The molecule has 0 aliphatic carbocycles. The molecular weight excluding hydrogens is 374 g/mol. The molecule has 3 atom stereocenters. The minimum atomic E-state index is -0.221. The van der Waals surface area contributed by atoms with Crippen molar-refractivity contribution >= 4 is 29.5 Å². The quantitative estimate of drug-likeness (QED) is 0.418. The molecule has 0 aromatic heterocycles. The van der Waals surface area contributed by atoms with Gasteiger partial charge in [0.15, 0.2) is 0 Å². The molecule has 2 aliphatic heterocycles. The molecule has 0 saturated carbocycles. The van der Waals surface area contributed by atoms with E-state index in [4.69, 9.17) is 0 Å². The summed E-state index contributed by atoms with van der Waals surface area (Å²) < 4.78 is -0.199. The Morgan fingerprint density at radius 2 is 2.00 bits per heavy atom. The number of carbonyl (C=O) groups is 3. The first-order chi connectivity index (χ1) is 13.2. The fourth-order valence-corrected chi connectivity index (χ4v) is 5.53. The monoisotopic (exact) mass is 411 g/mol. The predicted molar refractivity (Wildman–Crippen MR) is 114 cm³/mol. The van der Waals surface area contributed by atoms with Crippen LogP contribution in [-0.2, 0) is 14.4 Å². The minimum Gasteiger partial charge on any atom is -0.354 e. The number of hydrogen-bond donors (Lipinski definition) is 1. The summed E-state index contributed by atoms with van der Waals surface area (Å²) in [4.78, 5) is 41.0. The molecule has 6 nitrogen and oxygen atoms in total. The van der Waals surface area contributed by atoms with Crippen molar-refractivity contribution < 1.29 is 14.4 Å². The van der Waals surface area contributed by atoms with Crippen molar-refractivity contribution in [1.29, 1.82) is 0 Å². The fraction of sp³-hybridized carbons (Fsp3) is 0.857. The number of nitrogens with zero attached hydrogens (tertiary/aromatic N) is 2. The van der Waals surface area contributed by atoms with Crippen LogP contribution in [0.1, 0.15) is 72.6 Å². The van der Waals surface area contributed by atoms with Gasteiger partial charge < -0.3 is 5.32 Å².